The van der Waals surface area contributed by atoms with Crippen molar-refractivity contribution in [2.45, 2.75) is 18.4 Å². The van der Waals surface area contributed by atoms with E-state index in [2.05, 4.69) is 26.5 Å². The van der Waals surface area contributed by atoms with E-state index in [1.54, 1.807) is 42.5 Å². The van der Waals surface area contributed by atoms with Gasteiger partial charge in [-0.1, -0.05) is 45.8 Å². The Morgan fingerprint density at radius 1 is 1.06 bits per heavy atom. The fourth-order valence-corrected chi connectivity index (χ4v) is 4.90. The molecule has 0 saturated carbocycles. The number of carbonyl (C=O) groups excluding carboxylic acids is 1. The van der Waals surface area contributed by atoms with E-state index >= 15 is 0 Å². The fraction of sp³-hybridized carbons (Fsp3) is 0.167. The summed E-state index contributed by atoms with van der Waals surface area (Å²) in [5, 5.41) is 3.96. The summed E-state index contributed by atoms with van der Waals surface area (Å²) < 4.78 is 39.3. The minimum Gasteiger partial charge on any atom is -0.454 e. The van der Waals surface area contributed by atoms with E-state index in [9.17, 15) is 13.2 Å². The molecule has 10 heteroatoms. The molecule has 8 nitrogen and oxygen atoms in total. The van der Waals surface area contributed by atoms with Crippen LogP contribution >= 0.6 is 15.9 Å². The molecule has 34 heavy (non-hydrogen) atoms. The molecule has 1 aliphatic rings. The Balaban J connectivity index is 1.49. The molecule has 0 saturated heterocycles. The van der Waals surface area contributed by atoms with Crippen LogP contribution in [0.5, 0.6) is 11.5 Å². The zero-order chi connectivity index (χ0) is 24.1. The van der Waals surface area contributed by atoms with Gasteiger partial charge in [0.2, 0.25) is 16.8 Å². The maximum Gasteiger partial charge on any atom is 0.255 e. The van der Waals surface area contributed by atoms with Crippen LogP contribution < -0.4 is 14.9 Å². The molecule has 3 aromatic carbocycles. The Bertz CT molecular complexity index is 1310. The number of rotatable bonds is 8. The number of aryl methyl sites for hydroxylation is 1. The standard InChI is InChI=1S/C24H22BrN3O5S/c1-17-2-9-21(10-3-17)34(30,31)28(14-18-4-7-20(25)8-5-18)15-24(29)27-26-13-19-6-11-22-23(12-19)33-16-32-22/h2-13H,14-16H2,1H3,(H,27,29)/b26-13-. The summed E-state index contributed by atoms with van der Waals surface area (Å²) >= 11 is 3.37. The van der Waals surface area contributed by atoms with Gasteiger partial charge in [-0.05, 0) is 60.5 Å². The third-order valence-corrected chi connectivity index (χ3v) is 7.38. The van der Waals surface area contributed by atoms with E-state index in [0.29, 0.717) is 17.1 Å². The summed E-state index contributed by atoms with van der Waals surface area (Å²) in [6.07, 6.45) is 1.45. The van der Waals surface area contributed by atoms with Gasteiger partial charge in [0.05, 0.1) is 17.7 Å². The van der Waals surface area contributed by atoms with E-state index in [0.717, 1.165) is 19.9 Å². The van der Waals surface area contributed by atoms with Crippen molar-refractivity contribution in [1.82, 2.24) is 9.73 Å². The Hall–Kier alpha value is -3.21. The highest BCUT2D eigenvalue weighted by Crippen LogP contribution is 2.32. The second-order valence-electron chi connectivity index (χ2n) is 7.62. The lowest BCUT2D eigenvalue weighted by atomic mass is 10.2. The van der Waals surface area contributed by atoms with Crippen LogP contribution in [-0.4, -0.2) is 38.2 Å². The van der Waals surface area contributed by atoms with Gasteiger partial charge in [-0.15, -0.1) is 0 Å². The number of nitrogens with one attached hydrogen (secondary N) is 1. The number of amides is 1. The Kier molecular flexibility index (Phi) is 7.30. The molecule has 1 N–H and O–H groups in total. The number of benzene rings is 3. The van der Waals surface area contributed by atoms with Gasteiger partial charge >= 0.3 is 0 Å². The second-order valence-corrected chi connectivity index (χ2v) is 10.5. The van der Waals surface area contributed by atoms with Gasteiger partial charge in [0, 0.05) is 11.0 Å². The number of ether oxygens (including phenoxy) is 2. The van der Waals surface area contributed by atoms with Crippen molar-refractivity contribution in [1.29, 1.82) is 0 Å². The zero-order valence-electron chi connectivity index (χ0n) is 18.3. The van der Waals surface area contributed by atoms with Gasteiger partial charge in [-0.2, -0.15) is 9.41 Å². The van der Waals surface area contributed by atoms with Crippen LogP contribution in [0.25, 0.3) is 0 Å². The number of halogens is 1. The molecule has 1 heterocycles. The topological polar surface area (TPSA) is 97.3 Å². The van der Waals surface area contributed by atoms with Crippen LogP contribution in [0.15, 0.2) is 81.2 Å². The Labute approximate surface area is 206 Å². The van der Waals surface area contributed by atoms with Crippen LogP contribution in [0.4, 0.5) is 0 Å². The molecule has 176 valence electrons. The van der Waals surface area contributed by atoms with Crippen molar-refractivity contribution in [2.75, 3.05) is 13.3 Å². The normalized spacial score (nSPS) is 12.9. The second kappa shape index (κ2) is 10.4. The number of hydrazone groups is 1. The molecular formula is C24H22BrN3O5S. The largest absolute Gasteiger partial charge is 0.454 e. The van der Waals surface area contributed by atoms with Crippen LogP contribution in [0.2, 0.25) is 0 Å². The highest BCUT2D eigenvalue weighted by Gasteiger charge is 2.27. The predicted molar refractivity (Wildman–Crippen MR) is 131 cm³/mol. The molecule has 0 aliphatic carbocycles. The third-order valence-electron chi connectivity index (χ3n) is 5.05. The zero-order valence-corrected chi connectivity index (χ0v) is 20.7. The minimum atomic E-state index is -3.93. The van der Waals surface area contributed by atoms with Crippen molar-refractivity contribution in [2.24, 2.45) is 5.10 Å². The highest BCUT2D eigenvalue weighted by molar-refractivity contribution is 9.10. The third kappa shape index (κ3) is 5.82. The van der Waals surface area contributed by atoms with Gasteiger partial charge < -0.3 is 9.47 Å². The number of hydrogen-bond acceptors (Lipinski definition) is 6. The molecule has 4 rings (SSSR count). The maximum atomic E-state index is 13.3. The van der Waals surface area contributed by atoms with Gasteiger partial charge in [0.15, 0.2) is 11.5 Å². The molecule has 0 atom stereocenters. The quantitative estimate of drug-likeness (QED) is 0.344. The summed E-state index contributed by atoms with van der Waals surface area (Å²) in [6.45, 7) is 1.67. The first-order chi connectivity index (χ1) is 16.3. The molecule has 0 aromatic heterocycles. The minimum absolute atomic E-state index is 0.0305. The Morgan fingerprint density at radius 2 is 1.76 bits per heavy atom. The first kappa shape index (κ1) is 23.9. The van der Waals surface area contributed by atoms with Crippen molar-refractivity contribution in [3.8, 4) is 11.5 Å². The van der Waals surface area contributed by atoms with Gasteiger partial charge in [-0.3, -0.25) is 4.79 Å². The van der Waals surface area contributed by atoms with Crippen LogP contribution in [0, 0.1) is 6.92 Å². The van der Waals surface area contributed by atoms with Crippen LogP contribution in [-0.2, 0) is 21.4 Å². The molecular weight excluding hydrogens is 522 g/mol. The number of nitrogens with zero attached hydrogens (tertiary/aromatic N) is 2. The number of fused-ring (bicyclic) bond motifs is 1. The van der Waals surface area contributed by atoms with Crippen molar-refractivity contribution in [3.63, 3.8) is 0 Å². The molecule has 0 bridgehead atoms. The SMILES string of the molecule is Cc1ccc(S(=O)(=O)N(CC(=O)N/N=C\c2ccc3c(c2)OCO3)Cc2ccc(Br)cc2)cc1. The summed E-state index contributed by atoms with van der Waals surface area (Å²) in [7, 11) is -3.93. The average molecular weight is 544 g/mol. The van der Waals surface area contributed by atoms with Gasteiger partial charge in [0.25, 0.3) is 5.91 Å². The van der Waals surface area contributed by atoms with Gasteiger partial charge in [0.1, 0.15) is 0 Å². The van der Waals surface area contributed by atoms with E-state index < -0.39 is 22.5 Å². The number of hydrogen-bond donors (Lipinski definition) is 1. The van der Waals surface area contributed by atoms with E-state index in [1.807, 2.05) is 19.1 Å². The highest BCUT2D eigenvalue weighted by atomic mass is 79.9. The lowest BCUT2D eigenvalue weighted by Gasteiger charge is -2.21. The molecule has 0 spiro atoms. The molecule has 0 fully saturated rings. The van der Waals surface area contributed by atoms with Crippen molar-refractivity contribution in [3.05, 3.63) is 87.9 Å². The van der Waals surface area contributed by atoms with E-state index in [-0.39, 0.29) is 18.2 Å². The summed E-state index contributed by atoms with van der Waals surface area (Å²) in [6, 6.07) is 19.0. The summed E-state index contributed by atoms with van der Waals surface area (Å²) in [5.74, 6) is 0.677. The number of carbonyl (C=O) groups is 1. The molecule has 1 amide bonds. The lowest BCUT2D eigenvalue weighted by Crippen LogP contribution is -2.39. The maximum absolute atomic E-state index is 13.3. The smallest absolute Gasteiger partial charge is 0.255 e. The predicted octanol–water partition coefficient (Wildman–Crippen LogP) is 3.83. The average Bonchev–Trinajstić information content (AvgIpc) is 3.28. The van der Waals surface area contributed by atoms with E-state index in [1.165, 1.54) is 18.3 Å². The molecule has 1 aliphatic heterocycles. The van der Waals surface area contributed by atoms with Crippen LogP contribution in [0.1, 0.15) is 16.7 Å². The fourth-order valence-electron chi connectivity index (χ4n) is 3.25. The van der Waals surface area contributed by atoms with Crippen molar-refractivity contribution >= 4 is 38.1 Å². The molecule has 0 unspecified atom stereocenters. The molecule has 0 radical (unpaired) electrons. The summed E-state index contributed by atoms with van der Waals surface area (Å²) in [5.41, 5.74) is 4.78. The number of sulfonamides is 1. The van der Waals surface area contributed by atoms with Gasteiger partial charge in [-0.25, -0.2) is 13.8 Å². The lowest BCUT2D eigenvalue weighted by molar-refractivity contribution is -0.121. The first-order valence-corrected chi connectivity index (χ1v) is 12.6. The van der Waals surface area contributed by atoms with Crippen molar-refractivity contribution < 1.29 is 22.7 Å². The Morgan fingerprint density at radius 3 is 2.50 bits per heavy atom. The van der Waals surface area contributed by atoms with Crippen LogP contribution in [0.3, 0.4) is 0 Å². The molecule has 3 aromatic rings. The summed E-state index contributed by atoms with van der Waals surface area (Å²) in [4.78, 5) is 12.7. The first-order valence-electron chi connectivity index (χ1n) is 10.3. The monoisotopic (exact) mass is 543 g/mol. The van der Waals surface area contributed by atoms with E-state index in [4.69, 9.17) is 9.47 Å².